The van der Waals surface area contributed by atoms with Gasteiger partial charge in [0.1, 0.15) is 11.6 Å². The molecule has 0 bridgehead atoms. The Balaban J connectivity index is 1.92. The van der Waals surface area contributed by atoms with Gasteiger partial charge in [0.2, 0.25) is 5.95 Å². The zero-order valence-electron chi connectivity index (χ0n) is 10.2. The summed E-state index contributed by atoms with van der Waals surface area (Å²) in [6, 6.07) is 10.4. The van der Waals surface area contributed by atoms with E-state index >= 15 is 0 Å². The van der Waals surface area contributed by atoms with Gasteiger partial charge >= 0.3 is 0 Å². The summed E-state index contributed by atoms with van der Waals surface area (Å²) in [7, 11) is 1.82. The SMILES string of the molecule is CNc1cc(N2Cc3ccccc3C2)nc(N)n1. The summed E-state index contributed by atoms with van der Waals surface area (Å²) in [5, 5.41) is 3.00. The lowest BCUT2D eigenvalue weighted by Gasteiger charge is -2.17. The number of aromatic nitrogens is 2. The van der Waals surface area contributed by atoms with E-state index in [4.69, 9.17) is 5.73 Å². The Labute approximate surface area is 106 Å². The van der Waals surface area contributed by atoms with Crippen LogP contribution in [0.25, 0.3) is 0 Å². The highest BCUT2D eigenvalue weighted by Crippen LogP contribution is 2.28. The van der Waals surface area contributed by atoms with Crippen LogP contribution in [0.1, 0.15) is 11.1 Å². The fraction of sp³-hybridized carbons (Fsp3) is 0.231. The van der Waals surface area contributed by atoms with Crippen molar-refractivity contribution in [3.63, 3.8) is 0 Å². The molecule has 5 heteroatoms. The van der Waals surface area contributed by atoms with E-state index in [0.29, 0.717) is 5.95 Å². The standard InChI is InChI=1S/C13H15N5/c1-15-11-6-12(17-13(14)16-11)18-7-9-4-2-3-5-10(9)8-18/h2-6H,7-8H2,1H3,(H3,14,15,16,17). The molecule has 0 fully saturated rings. The molecule has 1 aliphatic rings. The molecule has 1 aromatic heterocycles. The molecular weight excluding hydrogens is 226 g/mol. The molecule has 2 aromatic rings. The van der Waals surface area contributed by atoms with Gasteiger partial charge in [0.25, 0.3) is 0 Å². The van der Waals surface area contributed by atoms with Crippen LogP contribution >= 0.6 is 0 Å². The summed E-state index contributed by atoms with van der Waals surface area (Å²) in [5.41, 5.74) is 8.41. The van der Waals surface area contributed by atoms with E-state index in [1.807, 2.05) is 13.1 Å². The zero-order chi connectivity index (χ0) is 12.5. The fourth-order valence-electron chi connectivity index (χ4n) is 2.24. The van der Waals surface area contributed by atoms with Gasteiger partial charge in [-0.3, -0.25) is 0 Å². The van der Waals surface area contributed by atoms with Gasteiger partial charge in [-0.05, 0) is 11.1 Å². The molecular formula is C13H15N5. The Kier molecular flexibility index (Phi) is 2.51. The molecule has 1 aromatic carbocycles. The molecule has 0 saturated heterocycles. The smallest absolute Gasteiger partial charge is 0.223 e. The fourth-order valence-corrected chi connectivity index (χ4v) is 2.24. The Morgan fingerprint density at radius 3 is 2.44 bits per heavy atom. The number of anilines is 3. The summed E-state index contributed by atoms with van der Waals surface area (Å²) in [6.07, 6.45) is 0. The van der Waals surface area contributed by atoms with Crippen molar-refractivity contribution < 1.29 is 0 Å². The third kappa shape index (κ3) is 1.84. The van der Waals surface area contributed by atoms with E-state index in [9.17, 15) is 0 Å². The number of nitrogens with zero attached hydrogens (tertiary/aromatic N) is 3. The molecule has 0 unspecified atom stereocenters. The van der Waals surface area contributed by atoms with E-state index in [0.717, 1.165) is 24.7 Å². The van der Waals surface area contributed by atoms with Gasteiger partial charge in [-0.1, -0.05) is 24.3 Å². The minimum atomic E-state index is 0.299. The van der Waals surface area contributed by atoms with E-state index in [2.05, 4.69) is 44.5 Å². The van der Waals surface area contributed by atoms with Gasteiger partial charge in [0.15, 0.2) is 0 Å². The zero-order valence-corrected chi connectivity index (χ0v) is 10.2. The molecule has 3 rings (SSSR count). The van der Waals surface area contributed by atoms with Crippen molar-refractivity contribution in [2.75, 3.05) is 23.0 Å². The second-order valence-corrected chi connectivity index (χ2v) is 4.34. The van der Waals surface area contributed by atoms with Crippen LogP contribution in [-0.2, 0) is 13.1 Å². The summed E-state index contributed by atoms with van der Waals surface area (Å²) >= 11 is 0. The van der Waals surface area contributed by atoms with Gasteiger partial charge in [0.05, 0.1) is 0 Å². The number of benzene rings is 1. The lowest BCUT2D eigenvalue weighted by atomic mass is 10.1. The van der Waals surface area contributed by atoms with Gasteiger partial charge in [0, 0.05) is 26.2 Å². The lowest BCUT2D eigenvalue weighted by Crippen LogP contribution is -2.17. The molecule has 18 heavy (non-hydrogen) atoms. The topological polar surface area (TPSA) is 67.1 Å². The lowest BCUT2D eigenvalue weighted by molar-refractivity contribution is 0.854. The number of rotatable bonds is 2. The highest BCUT2D eigenvalue weighted by molar-refractivity contribution is 5.55. The average Bonchev–Trinajstić information content (AvgIpc) is 2.81. The van der Waals surface area contributed by atoms with Crippen molar-refractivity contribution in [3.8, 4) is 0 Å². The van der Waals surface area contributed by atoms with Crippen molar-refractivity contribution in [2.24, 2.45) is 0 Å². The molecule has 92 valence electrons. The first-order chi connectivity index (χ1) is 8.76. The van der Waals surface area contributed by atoms with Gasteiger partial charge in [-0.25, -0.2) is 0 Å². The Hall–Kier alpha value is -2.30. The first-order valence-corrected chi connectivity index (χ1v) is 5.90. The molecule has 1 aliphatic heterocycles. The number of fused-ring (bicyclic) bond motifs is 1. The Morgan fingerprint density at radius 2 is 1.83 bits per heavy atom. The third-order valence-electron chi connectivity index (χ3n) is 3.15. The first kappa shape index (κ1) is 10.8. The summed E-state index contributed by atoms with van der Waals surface area (Å²) in [6.45, 7) is 1.74. The summed E-state index contributed by atoms with van der Waals surface area (Å²) in [5.74, 6) is 1.91. The molecule has 0 radical (unpaired) electrons. The number of hydrogen-bond acceptors (Lipinski definition) is 5. The van der Waals surface area contributed by atoms with Gasteiger partial charge < -0.3 is 16.0 Å². The Bertz CT molecular complexity index is 556. The molecule has 0 spiro atoms. The average molecular weight is 241 g/mol. The van der Waals surface area contributed by atoms with E-state index in [1.54, 1.807) is 0 Å². The van der Waals surface area contributed by atoms with Crippen LogP contribution in [0, 0.1) is 0 Å². The first-order valence-electron chi connectivity index (χ1n) is 5.90. The number of nitrogens with one attached hydrogen (secondary N) is 1. The number of nitrogens with two attached hydrogens (primary N) is 1. The van der Waals surface area contributed by atoms with Gasteiger partial charge in [-0.2, -0.15) is 9.97 Å². The molecule has 0 aliphatic carbocycles. The highest BCUT2D eigenvalue weighted by atomic mass is 15.2. The predicted molar refractivity (Wildman–Crippen MR) is 72.3 cm³/mol. The molecule has 0 saturated carbocycles. The predicted octanol–water partition coefficient (Wildman–Crippen LogP) is 1.62. The van der Waals surface area contributed by atoms with Crippen LogP contribution in [0.5, 0.6) is 0 Å². The van der Waals surface area contributed by atoms with Crippen molar-refractivity contribution in [2.45, 2.75) is 13.1 Å². The minimum Gasteiger partial charge on any atom is -0.373 e. The van der Waals surface area contributed by atoms with Crippen LogP contribution < -0.4 is 16.0 Å². The summed E-state index contributed by atoms with van der Waals surface area (Å²) < 4.78 is 0. The van der Waals surface area contributed by atoms with Crippen molar-refractivity contribution in [3.05, 3.63) is 41.5 Å². The molecule has 3 N–H and O–H groups in total. The van der Waals surface area contributed by atoms with Crippen LogP contribution in [0.2, 0.25) is 0 Å². The van der Waals surface area contributed by atoms with Crippen molar-refractivity contribution in [1.29, 1.82) is 0 Å². The Morgan fingerprint density at radius 1 is 1.17 bits per heavy atom. The van der Waals surface area contributed by atoms with Crippen LogP contribution in [-0.4, -0.2) is 17.0 Å². The van der Waals surface area contributed by atoms with E-state index in [1.165, 1.54) is 11.1 Å². The maximum atomic E-state index is 5.72. The van der Waals surface area contributed by atoms with Crippen LogP contribution in [0.15, 0.2) is 30.3 Å². The normalized spacial score (nSPS) is 13.5. The second kappa shape index (κ2) is 4.18. The van der Waals surface area contributed by atoms with Gasteiger partial charge in [-0.15, -0.1) is 0 Å². The van der Waals surface area contributed by atoms with E-state index in [-0.39, 0.29) is 0 Å². The second-order valence-electron chi connectivity index (χ2n) is 4.34. The highest BCUT2D eigenvalue weighted by Gasteiger charge is 2.20. The van der Waals surface area contributed by atoms with Crippen LogP contribution in [0.4, 0.5) is 17.6 Å². The minimum absolute atomic E-state index is 0.299. The molecule has 0 amide bonds. The molecule has 0 atom stereocenters. The summed E-state index contributed by atoms with van der Waals surface area (Å²) in [4.78, 5) is 10.6. The number of hydrogen-bond donors (Lipinski definition) is 2. The largest absolute Gasteiger partial charge is 0.373 e. The van der Waals surface area contributed by atoms with Crippen molar-refractivity contribution >= 4 is 17.6 Å². The maximum Gasteiger partial charge on any atom is 0.223 e. The molecule has 5 nitrogen and oxygen atoms in total. The van der Waals surface area contributed by atoms with E-state index < -0.39 is 0 Å². The quantitative estimate of drug-likeness (QED) is 0.836. The molecule has 2 heterocycles. The number of nitrogen functional groups attached to an aromatic ring is 1. The monoisotopic (exact) mass is 241 g/mol. The maximum absolute atomic E-state index is 5.72. The third-order valence-corrected chi connectivity index (χ3v) is 3.15. The van der Waals surface area contributed by atoms with Crippen LogP contribution in [0.3, 0.4) is 0 Å². The van der Waals surface area contributed by atoms with Crippen molar-refractivity contribution in [1.82, 2.24) is 9.97 Å².